The smallest absolute Gasteiger partial charge is 0.0636 e. The number of hydrogen-bond acceptors (Lipinski definition) is 4. The van der Waals surface area contributed by atoms with Gasteiger partial charge in [-0.15, -0.1) is 0 Å². The first-order chi connectivity index (χ1) is 5.40. The predicted octanol–water partition coefficient (Wildman–Crippen LogP) is -1.30. The van der Waals surface area contributed by atoms with Crippen LogP contribution in [0.5, 0.6) is 0 Å². The van der Waals surface area contributed by atoms with Crippen LogP contribution in [0.15, 0.2) is 12.7 Å². The zero-order valence-corrected chi connectivity index (χ0v) is 7.20. The monoisotopic (exact) mass is 172 g/mol. The Morgan fingerprint density at radius 2 is 1.75 bits per heavy atom. The maximum atomic E-state index is 9.70. The van der Waals surface area contributed by atoms with E-state index in [-0.39, 0.29) is 12.3 Å². The number of aliphatic carboxylic acids is 2. The van der Waals surface area contributed by atoms with Crippen LogP contribution < -0.4 is 10.2 Å². The summed E-state index contributed by atoms with van der Waals surface area (Å²) in [4.78, 5) is 18.8. The van der Waals surface area contributed by atoms with Crippen LogP contribution in [-0.4, -0.2) is 11.9 Å². The third-order valence-electron chi connectivity index (χ3n) is 0.742. The van der Waals surface area contributed by atoms with Gasteiger partial charge in [-0.1, -0.05) is 20.4 Å². The first kappa shape index (κ1) is 13.3. The highest BCUT2D eigenvalue weighted by Crippen LogP contribution is 1.95. The maximum absolute atomic E-state index is 9.70. The van der Waals surface area contributed by atoms with Gasteiger partial charge in [0.05, 0.1) is 5.97 Å². The average molecular weight is 172 g/mol. The van der Waals surface area contributed by atoms with Crippen molar-refractivity contribution in [2.45, 2.75) is 20.3 Å². The number of carbonyl (C=O) groups excluding carboxylic acids is 2. The fraction of sp³-hybridized carbons (Fsp3) is 0.500. The SMILES string of the molecule is C=CC(=O)[O-].CC(C)CC(=O)[O-]. The van der Waals surface area contributed by atoms with Crippen LogP contribution in [0, 0.1) is 5.92 Å². The van der Waals surface area contributed by atoms with Crippen molar-refractivity contribution in [1.82, 2.24) is 0 Å². The Hall–Kier alpha value is -1.32. The van der Waals surface area contributed by atoms with Gasteiger partial charge in [-0.2, -0.15) is 0 Å². The van der Waals surface area contributed by atoms with E-state index in [9.17, 15) is 9.90 Å². The molecule has 0 rings (SSSR count). The molecule has 0 aliphatic carbocycles. The molecular weight excluding hydrogens is 160 g/mol. The van der Waals surface area contributed by atoms with Crippen molar-refractivity contribution in [3.05, 3.63) is 12.7 Å². The molecule has 0 saturated carbocycles. The highest BCUT2D eigenvalue weighted by molar-refractivity contribution is 5.76. The van der Waals surface area contributed by atoms with Crippen molar-refractivity contribution in [2.75, 3.05) is 0 Å². The summed E-state index contributed by atoms with van der Waals surface area (Å²) in [5.41, 5.74) is 0. The van der Waals surface area contributed by atoms with E-state index in [0.29, 0.717) is 0 Å². The van der Waals surface area contributed by atoms with E-state index in [4.69, 9.17) is 9.90 Å². The van der Waals surface area contributed by atoms with Gasteiger partial charge in [0.15, 0.2) is 0 Å². The van der Waals surface area contributed by atoms with E-state index < -0.39 is 11.9 Å². The van der Waals surface area contributed by atoms with Gasteiger partial charge in [0.25, 0.3) is 0 Å². The van der Waals surface area contributed by atoms with Gasteiger partial charge in [-0.3, -0.25) is 0 Å². The Balaban J connectivity index is 0. The quantitative estimate of drug-likeness (QED) is 0.496. The summed E-state index contributed by atoms with van der Waals surface area (Å²) in [6.45, 7) is 6.58. The first-order valence-electron chi connectivity index (χ1n) is 3.43. The van der Waals surface area contributed by atoms with Crippen LogP contribution in [0.2, 0.25) is 0 Å². The Labute approximate surface area is 71.5 Å². The van der Waals surface area contributed by atoms with Crippen LogP contribution in [0.4, 0.5) is 0 Å². The van der Waals surface area contributed by atoms with Crippen molar-refractivity contribution in [3.8, 4) is 0 Å². The highest BCUT2D eigenvalue weighted by atomic mass is 16.4. The van der Waals surface area contributed by atoms with Gasteiger partial charge in [0.2, 0.25) is 0 Å². The zero-order chi connectivity index (χ0) is 10.1. The standard InChI is InChI=1S/C5H10O2.C3H4O2/c1-4(2)3-5(6)7;1-2-3(4)5/h4H,3H2,1-2H3,(H,6,7);2H,1H2,(H,4,5)/p-2. The van der Waals surface area contributed by atoms with Gasteiger partial charge < -0.3 is 19.8 Å². The lowest BCUT2D eigenvalue weighted by atomic mass is 10.1. The Kier molecular flexibility index (Phi) is 8.62. The lowest BCUT2D eigenvalue weighted by Crippen LogP contribution is -2.23. The first-order valence-corrected chi connectivity index (χ1v) is 3.43. The number of carboxylic acid groups (broad SMARTS) is 2. The molecule has 0 aromatic carbocycles. The minimum atomic E-state index is -1.23. The molecule has 0 bridgehead atoms. The van der Waals surface area contributed by atoms with E-state index in [1.807, 2.05) is 13.8 Å². The second-order valence-electron chi connectivity index (χ2n) is 2.49. The van der Waals surface area contributed by atoms with Crippen molar-refractivity contribution < 1.29 is 19.8 Å². The van der Waals surface area contributed by atoms with Crippen LogP contribution in [0.25, 0.3) is 0 Å². The average Bonchev–Trinajstić information content (AvgIpc) is 1.85. The van der Waals surface area contributed by atoms with Crippen LogP contribution >= 0.6 is 0 Å². The molecule has 0 aliphatic rings. The molecule has 0 fully saturated rings. The summed E-state index contributed by atoms with van der Waals surface area (Å²) in [6, 6.07) is 0. The van der Waals surface area contributed by atoms with Crippen molar-refractivity contribution in [2.24, 2.45) is 5.92 Å². The molecular formula is C8H12O4-2. The number of carbonyl (C=O) groups is 2. The molecule has 12 heavy (non-hydrogen) atoms. The normalized spacial score (nSPS) is 8.25. The van der Waals surface area contributed by atoms with E-state index in [0.717, 1.165) is 6.08 Å². The molecule has 0 heterocycles. The fourth-order valence-electron chi connectivity index (χ4n) is 0.333. The van der Waals surface area contributed by atoms with Gasteiger partial charge in [0, 0.05) is 5.97 Å². The molecule has 0 aromatic rings. The second-order valence-corrected chi connectivity index (χ2v) is 2.49. The Morgan fingerprint density at radius 3 is 1.75 bits per heavy atom. The lowest BCUT2D eigenvalue weighted by molar-refractivity contribution is -0.306. The van der Waals surface area contributed by atoms with Gasteiger partial charge in [-0.05, 0) is 18.4 Å². The van der Waals surface area contributed by atoms with Gasteiger partial charge >= 0.3 is 0 Å². The van der Waals surface area contributed by atoms with Crippen LogP contribution in [0.1, 0.15) is 20.3 Å². The minimum absolute atomic E-state index is 0.167. The van der Waals surface area contributed by atoms with E-state index in [1.165, 1.54) is 0 Å². The van der Waals surface area contributed by atoms with E-state index in [1.54, 1.807) is 0 Å². The minimum Gasteiger partial charge on any atom is -0.550 e. The largest absolute Gasteiger partial charge is 0.550 e. The molecule has 0 aliphatic heterocycles. The number of hydrogen-bond donors (Lipinski definition) is 0. The van der Waals surface area contributed by atoms with E-state index >= 15 is 0 Å². The molecule has 70 valence electrons. The number of carboxylic acids is 2. The molecule has 4 heteroatoms. The lowest BCUT2D eigenvalue weighted by Gasteiger charge is -2.02. The summed E-state index contributed by atoms with van der Waals surface area (Å²) in [7, 11) is 0. The third-order valence-corrected chi connectivity index (χ3v) is 0.742. The Bertz CT molecular complexity index is 160. The van der Waals surface area contributed by atoms with Gasteiger partial charge in [-0.25, -0.2) is 0 Å². The van der Waals surface area contributed by atoms with Crippen molar-refractivity contribution in [1.29, 1.82) is 0 Å². The molecule has 0 atom stereocenters. The summed E-state index contributed by atoms with van der Waals surface area (Å²) >= 11 is 0. The topological polar surface area (TPSA) is 80.3 Å². The molecule has 0 unspecified atom stereocenters. The molecule has 0 aromatic heterocycles. The van der Waals surface area contributed by atoms with E-state index in [2.05, 4.69) is 6.58 Å². The highest BCUT2D eigenvalue weighted by Gasteiger charge is 1.90. The Morgan fingerprint density at radius 1 is 1.42 bits per heavy atom. The van der Waals surface area contributed by atoms with Crippen molar-refractivity contribution >= 4 is 11.9 Å². The van der Waals surface area contributed by atoms with Gasteiger partial charge in [0.1, 0.15) is 0 Å². The number of rotatable bonds is 3. The summed E-state index contributed by atoms with van der Waals surface area (Å²) in [5.74, 6) is -1.98. The van der Waals surface area contributed by atoms with Crippen LogP contribution in [-0.2, 0) is 9.59 Å². The molecule has 4 nitrogen and oxygen atoms in total. The molecule has 0 radical (unpaired) electrons. The molecule has 0 spiro atoms. The summed E-state index contributed by atoms with van der Waals surface area (Å²) in [6.07, 6.45) is 0.889. The summed E-state index contributed by atoms with van der Waals surface area (Å²) in [5, 5.41) is 18.8. The van der Waals surface area contributed by atoms with Crippen molar-refractivity contribution in [3.63, 3.8) is 0 Å². The predicted molar refractivity (Wildman–Crippen MR) is 39.7 cm³/mol. The molecule has 0 N–H and O–H groups in total. The van der Waals surface area contributed by atoms with Crippen LogP contribution in [0.3, 0.4) is 0 Å². The molecule has 0 amide bonds. The maximum Gasteiger partial charge on any atom is 0.0636 e. The summed E-state index contributed by atoms with van der Waals surface area (Å²) < 4.78 is 0. The fourth-order valence-corrected chi connectivity index (χ4v) is 0.333. The second kappa shape index (κ2) is 7.78. The third kappa shape index (κ3) is 23.4. The zero-order valence-electron chi connectivity index (χ0n) is 7.20. The molecule has 0 saturated heterocycles.